The van der Waals surface area contributed by atoms with Crippen LogP contribution in [0.2, 0.25) is 0 Å². The summed E-state index contributed by atoms with van der Waals surface area (Å²) in [5.41, 5.74) is 0. The molecular formula is C28H50N4O13. The lowest BCUT2D eigenvalue weighted by molar-refractivity contribution is -0.292. The van der Waals surface area contributed by atoms with E-state index in [9.17, 15) is 44.7 Å². The van der Waals surface area contributed by atoms with Gasteiger partial charge < -0.3 is 65.7 Å². The fraction of sp³-hybridized carbons (Fsp3) is 0.857. The molecule has 0 aromatic heterocycles. The molecule has 0 unspecified atom stereocenters. The minimum atomic E-state index is -1.50. The van der Waals surface area contributed by atoms with Gasteiger partial charge in [-0.25, -0.2) is 0 Å². The molecule has 17 nitrogen and oxygen atoms in total. The summed E-state index contributed by atoms with van der Waals surface area (Å²) in [7, 11) is 1.52. The monoisotopic (exact) mass is 650 g/mol. The normalized spacial score (nSPS) is 30.6. The molecule has 10 atom stereocenters. The van der Waals surface area contributed by atoms with E-state index in [0.29, 0.717) is 12.8 Å². The molecule has 2 fully saturated rings. The van der Waals surface area contributed by atoms with Crippen molar-refractivity contribution in [1.82, 2.24) is 21.3 Å². The van der Waals surface area contributed by atoms with Gasteiger partial charge in [0.15, 0.2) is 12.6 Å². The first-order valence-corrected chi connectivity index (χ1v) is 15.3. The number of amides is 4. The molecule has 0 aromatic carbocycles. The van der Waals surface area contributed by atoms with Crippen molar-refractivity contribution in [3.8, 4) is 0 Å². The van der Waals surface area contributed by atoms with Crippen molar-refractivity contribution in [2.75, 3.05) is 33.4 Å². The van der Waals surface area contributed by atoms with Gasteiger partial charge in [-0.15, -0.1) is 0 Å². The summed E-state index contributed by atoms with van der Waals surface area (Å²) in [4.78, 5) is 49.3. The Morgan fingerprint density at radius 3 is 2.00 bits per heavy atom. The molecule has 0 spiro atoms. The maximum Gasteiger partial charge on any atom is 0.242 e. The first kappa shape index (κ1) is 38.7. The lowest BCUT2D eigenvalue weighted by Crippen LogP contribution is -2.57. The first-order chi connectivity index (χ1) is 21.3. The molecule has 0 saturated carbocycles. The maximum atomic E-state index is 12.9. The highest BCUT2D eigenvalue weighted by atomic mass is 16.7. The van der Waals surface area contributed by atoms with E-state index in [-0.39, 0.29) is 70.4 Å². The second-order valence-corrected chi connectivity index (χ2v) is 11.2. The molecule has 0 aromatic rings. The zero-order valence-corrected chi connectivity index (χ0v) is 26.1. The second-order valence-electron chi connectivity index (χ2n) is 11.2. The number of unbranched alkanes of at least 4 members (excludes halogenated alkanes) is 1. The van der Waals surface area contributed by atoms with E-state index in [4.69, 9.17) is 18.9 Å². The molecule has 260 valence electrons. The predicted octanol–water partition coefficient (Wildman–Crippen LogP) is -3.49. The van der Waals surface area contributed by atoms with Crippen LogP contribution in [0.4, 0.5) is 0 Å². The van der Waals surface area contributed by atoms with Crippen LogP contribution in [0, 0.1) is 0 Å². The third-order valence-corrected chi connectivity index (χ3v) is 7.46. The zero-order valence-electron chi connectivity index (χ0n) is 26.1. The lowest BCUT2D eigenvalue weighted by Gasteiger charge is -2.38. The van der Waals surface area contributed by atoms with Crippen molar-refractivity contribution < 1.29 is 63.7 Å². The summed E-state index contributed by atoms with van der Waals surface area (Å²) in [6.45, 7) is 3.14. The van der Waals surface area contributed by atoms with Gasteiger partial charge in [0.1, 0.15) is 30.5 Å². The average molecular weight is 651 g/mol. The molecule has 17 heteroatoms. The van der Waals surface area contributed by atoms with Crippen LogP contribution in [0.25, 0.3) is 0 Å². The molecule has 2 aliphatic rings. The first-order valence-electron chi connectivity index (χ1n) is 15.3. The van der Waals surface area contributed by atoms with E-state index < -0.39 is 73.0 Å². The molecule has 2 aliphatic heterocycles. The summed E-state index contributed by atoms with van der Waals surface area (Å²) in [6.07, 6.45) is -8.45. The molecular weight excluding hydrogens is 600 g/mol. The molecule has 2 heterocycles. The minimum Gasteiger partial charge on any atom is -0.390 e. The quantitative estimate of drug-likeness (QED) is 0.0654. The molecule has 0 radical (unpaired) electrons. The van der Waals surface area contributed by atoms with E-state index >= 15 is 0 Å². The molecule has 2 saturated heterocycles. The zero-order chi connectivity index (χ0) is 33.5. The standard InChI is InChI=1S/C28H50N4O13/c1-15-14-18(33)23(38)27(44-15)42-12-10-30-20(35)9-8-17(32-21(36)7-5-4-6-19(34)29-3)26(41)31-11-13-43-28-25(40)24(39)22(37)16(2)45-28/h15-18,22-25,27-28,33,37-40H,4-14H2,1-3H3,(H,29,34)(H,30,35)(H,31,41)(H,32,36)/t15-,16-,17-,18+,22+,23-,24+,25-,27+,28+/m0/s1. The topological polar surface area (TPSA) is 254 Å². The van der Waals surface area contributed by atoms with Crippen LogP contribution in [0.1, 0.15) is 58.8 Å². The van der Waals surface area contributed by atoms with Crippen LogP contribution in [0.5, 0.6) is 0 Å². The summed E-state index contributed by atoms with van der Waals surface area (Å²) in [6, 6.07) is -1.07. The van der Waals surface area contributed by atoms with Crippen molar-refractivity contribution in [3.63, 3.8) is 0 Å². The number of ether oxygens (including phenoxy) is 4. The molecule has 4 amide bonds. The molecule has 2 rings (SSSR count). The third kappa shape index (κ3) is 13.4. The van der Waals surface area contributed by atoms with Gasteiger partial charge in [0, 0.05) is 45.8 Å². The van der Waals surface area contributed by atoms with Gasteiger partial charge in [-0.05, 0) is 33.1 Å². The van der Waals surface area contributed by atoms with E-state index in [1.165, 1.54) is 14.0 Å². The predicted molar refractivity (Wildman–Crippen MR) is 155 cm³/mol. The van der Waals surface area contributed by atoms with Crippen LogP contribution in [0.3, 0.4) is 0 Å². The second kappa shape index (κ2) is 19.9. The van der Waals surface area contributed by atoms with Crippen LogP contribution in [-0.2, 0) is 38.1 Å². The molecule has 0 bridgehead atoms. The van der Waals surface area contributed by atoms with Gasteiger partial charge in [0.05, 0.1) is 31.5 Å². The average Bonchev–Trinajstić information content (AvgIpc) is 3.00. The maximum absolute atomic E-state index is 12.9. The van der Waals surface area contributed by atoms with Crippen molar-refractivity contribution in [3.05, 3.63) is 0 Å². The third-order valence-electron chi connectivity index (χ3n) is 7.46. The van der Waals surface area contributed by atoms with Crippen molar-refractivity contribution >= 4 is 23.6 Å². The highest BCUT2D eigenvalue weighted by Crippen LogP contribution is 2.22. The molecule has 0 aliphatic carbocycles. The number of rotatable bonds is 18. The van der Waals surface area contributed by atoms with Crippen molar-refractivity contribution in [2.24, 2.45) is 0 Å². The van der Waals surface area contributed by atoms with E-state index in [1.807, 2.05) is 0 Å². The summed E-state index contributed by atoms with van der Waals surface area (Å²) >= 11 is 0. The van der Waals surface area contributed by atoms with E-state index in [0.717, 1.165) is 0 Å². The summed E-state index contributed by atoms with van der Waals surface area (Å²) in [5, 5.41) is 60.0. The smallest absolute Gasteiger partial charge is 0.242 e. The van der Waals surface area contributed by atoms with Gasteiger partial charge in [0.2, 0.25) is 23.6 Å². The van der Waals surface area contributed by atoms with Crippen LogP contribution in [-0.4, -0.2) is 144 Å². The number of aliphatic hydroxyl groups is 5. The Morgan fingerprint density at radius 1 is 0.756 bits per heavy atom. The van der Waals surface area contributed by atoms with Gasteiger partial charge in [-0.3, -0.25) is 19.2 Å². The van der Waals surface area contributed by atoms with Gasteiger partial charge in [0.25, 0.3) is 0 Å². The summed E-state index contributed by atoms with van der Waals surface area (Å²) < 4.78 is 21.7. The Morgan fingerprint density at radius 2 is 1.36 bits per heavy atom. The highest BCUT2D eigenvalue weighted by molar-refractivity contribution is 5.88. The molecule has 45 heavy (non-hydrogen) atoms. The Labute approximate surface area is 262 Å². The minimum absolute atomic E-state index is 0.00220. The number of nitrogens with one attached hydrogen (secondary N) is 4. The Bertz CT molecular complexity index is 944. The lowest BCUT2D eigenvalue weighted by atomic mass is 10.0. The Kier molecular flexibility index (Phi) is 17.1. The van der Waals surface area contributed by atoms with Gasteiger partial charge >= 0.3 is 0 Å². The van der Waals surface area contributed by atoms with Crippen molar-refractivity contribution in [1.29, 1.82) is 0 Å². The largest absolute Gasteiger partial charge is 0.390 e. The Balaban J connectivity index is 1.81. The van der Waals surface area contributed by atoms with E-state index in [1.54, 1.807) is 6.92 Å². The fourth-order valence-electron chi connectivity index (χ4n) is 4.75. The Hall–Kier alpha value is -2.48. The number of aliphatic hydroxyl groups excluding tert-OH is 5. The number of hydrogen-bond acceptors (Lipinski definition) is 13. The van der Waals surface area contributed by atoms with Crippen LogP contribution < -0.4 is 21.3 Å². The number of carbonyl (C=O) groups is 4. The van der Waals surface area contributed by atoms with Crippen molar-refractivity contribution in [2.45, 2.75) is 120 Å². The fourth-order valence-corrected chi connectivity index (χ4v) is 4.75. The van der Waals surface area contributed by atoms with Gasteiger partial charge in [-0.1, -0.05) is 0 Å². The number of hydrogen-bond donors (Lipinski definition) is 9. The van der Waals surface area contributed by atoms with Gasteiger partial charge in [-0.2, -0.15) is 0 Å². The molecule has 9 N–H and O–H groups in total. The summed E-state index contributed by atoms with van der Waals surface area (Å²) in [5.74, 6) is -1.58. The van der Waals surface area contributed by atoms with E-state index in [2.05, 4.69) is 21.3 Å². The van der Waals surface area contributed by atoms with Crippen LogP contribution in [0.15, 0.2) is 0 Å². The number of carbonyl (C=O) groups excluding carboxylic acids is 4. The highest BCUT2D eigenvalue weighted by Gasteiger charge is 2.42. The SMILES string of the molecule is CNC(=O)CCCCC(=O)N[C@@H](CCC(=O)NCCO[C@@H]1O[C@@H](C)C[C@@H](O)[C@@H]1O)C(=O)NCCO[C@@H]1O[C@@H](C)[C@@H](O)[C@@H](O)[C@@H]1O. The van der Waals surface area contributed by atoms with Crippen LogP contribution >= 0.6 is 0 Å².